The average molecular weight is 290 g/mol. The van der Waals surface area contributed by atoms with Crippen molar-refractivity contribution in [2.75, 3.05) is 37.9 Å². The van der Waals surface area contributed by atoms with Crippen LogP contribution >= 0.6 is 11.6 Å². The van der Waals surface area contributed by atoms with Crippen LogP contribution in [-0.2, 0) is 9.53 Å². The number of hydrogen-bond donors (Lipinski definition) is 3. The molecule has 7 heteroatoms. The molecule has 5 nitrogen and oxygen atoms in total. The van der Waals surface area contributed by atoms with Crippen molar-refractivity contribution in [3.8, 4) is 0 Å². The van der Waals surface area contributed by atoms with Crippen LogP contribution in [0.3, 0.4) is 0 Å². The second kappa shape index (κ2) is 7.81. The van der Waals surface area contributed by atoms with E-state index in [2.05, 4.69) is 10.6 Å². The quantitative estimate of drug-likeness (QED) is 0.527. The van der Waals surface area contributed by atoms with Gasteiger partial charge in [0.25, 0.3) is 0 Å². The van der Waals surface area contributed by atoms with Crippen molar-refractivity contribution in [2.45, 2.75) is 6.42 Å². The van der Waals surface area contributed by atoms with Gasteiger partial charge in [0.2, 0.25) is 5.91 Å². The van der Waals surface area contributed by atoms with E-state index in [1.165, 1.54) is 6.07 Å². The zero-order valence-corrected chi connectivity index (χ0v) is 11.4. The number of nitrogens with one attached hydrogen (secondary N) is 2. The lowest BCUT2D eigenvalue weighted by Crippen LogP contribution is -2.28. The van der Waals surface area contributed by atoms with E-state index in [1.54, 1.807) is 7.11 Å². The van der Waals surface area contributed by atoms with Crippen LogP contribution < -0.4 is 16.4 Å². The minimum absolute atomic E-state index is 0.0127. The molecule has 0 aromatic heterocycles. The number of rotatable bonds is 7. The van der Waals surface area contributed by atoms with E-state index in [4.69, 9.17) is 22.1 Å². The molecule has 1 amide bonds. The largest absolute Gasteiger partial charge is 0.397 e. The van der Waals surface area contributed by atoms with E-state index in [0.29, 0.717) is 25.4 Å². The van der Waals surface area contributed by atoms with Crippen LogP contribution in [0, 0.1) is 5.82 Å². The van der Waals surface area contributed by atoms with Gasteiger partial charge in [-0.3, -0.25) is 4.79 Å². The lowest BCUT2D eigenvalue weighted by molar-refractivity contribution is -0.121. The lowest BCUT2D eigenvalue weighted by atomic mass is 10.2. The topological polar surface area (TPSA) is 76.4 Å². The van der Waals surface area contributed by atoms with Crippen LogP contribution in [0.25, 0.3) is 0 Å². The molecule has 0 aliphatic heterocycles. The van der Waals surface area contributed by atoms with Gasteiger partial charge in [0.1, 0.15) is 5.82 Å². The minimum atomic E-state index is -0.568. The molecule has 1 aromatic rings. The molecule has 0 unspecified atom stereocenters. The van der Waals surface area contributed by atoms with Crippen molar-refractivity contribution in [3.05, 3.63) is 23.0 Å². The Morgan fingerprint density at radius 3 is 2.89 bits per heavy atom. The summed E-state index contributed by atoms with van der Waals surface area (Å²) in [5.74, 6) is -0.668. The van der Waals surface area contributed by atoms with E-state index in [0.717, 1.165) is 6.07 Å². The predicted octanol–water partition coefficient (Wildman–Crippen LogP) is 1.63. The summed E-state index contributed by atoms with van der Waals surface area (Å²) in [5, 5.41) is 5.61. The number of halogens is 2. The predicted molar refractivity (Wildman–Crippen MR) is 73.8 cm³/mol. The number of ether oxygens (including phenoxy) is 1. The molecular formula is C12H17ClFN3O2. The lowest BCUT2D eigenvalue weighted by Gasteiger charge is -2.10. The van der Waals surface area contributed by atoms with Crippen molar-refractivity contribution >= 4 is 28.9 Å². The van der Waals surface area contributed by atoms with Crippen LogP contribution in [-0.4, -0.2) is 32.7 Å². The smallest absolute Gasteiger partial charge is 0.221 e. The highest BCUT2D eigenvalue weighted by molar-refractivity contribution is 6.31. The van der Waals surface area contributed by atoms with Crippen molar-refractivity contribution in [2.24, 2.45) is 0 Å². The highest BCUT2D eigenvalue weighted by Crippen LogP contribution is 2.25. The van der Waals surface area contributed by atoms with E-state index < -0.39 is 5.82 Å². The molecule has 0 aliphatic rings. The Bertz CT molecular complexity index is 443. The second-order valence-corrected chi connectivity index (χ2v) is 4.28. The first kappa shape index (κ1) is 15.5. The summed E-state index contributed by atoms with van der Waals surface area (Å²) in [7, 11) is 1.56. The molecule has 0 radical (unpaired) electrons. The highest BCUT2D eigenvalue weighted by Gasteiger charge is 2.06. The molecule has 0 bridgehead atoms. The first-order valence-electron chi connectivity index (χ1n) is 5.78. The molecule has 0 fully saturated rings. The van der Waals surface area contributed by atoms with Crippen molar-refractivity contribution in [1.29, 1.82) is 0 Å². The molecule has 1 aromatic carbocycles. The molecular weight excluding hydrogens is 273 g/mol. The fraction of sp³-hybridized carbons (Fsp3) is 0.417. The normalized spacial score (nSPS) is 10.3. The van der Waals surface area contributed by atoms with Crippen LogP contribution in [0.4, 0.5) is 15.8 Å². The van der Waals surface area contributed by atoms with Crippen molar-refractivity contribution in [1.82, 2.24) is 5.32 Å². The van der Waals surface area contributed by atoms with E-state index in [1.807, 2.05) is 0 Å². The molecule has 106 valence electrons. The van der Waals surface area contributed by atoms with Crippen molar-refractivity contribution in [3.63, 3.8) is 0 Å². The number of carbonyl (C=O) groups is 1. The molecule has 0 heterocycles. The Kier molecular flexibility index (Phi) is 6.38. The Hall–Kier alpha value is -1.53. The summed E-state index contributed by atoms with van der Waals surface area (Å²) in [6, 6.07) is 2.54. The number of carbonyl (C=O) groups excluding carboxylic acids is 1. The number of methoxy groups -OCH3 is 1. The highest BCUT2D eigenvalue weighted by atomic mass is 35.5. The molecule has 19 heavy (non-hydrogen) atoms. The van der Waals surface area contributed by atoms with E-state index in [-0.39, 0.29) is 23.0 Å². The zero-order valence-electron chi connectivity index (χ0n) is 10.6. The number of anilines is 2. The Balaban J connectivity index is 2.37. The van der Waals surface area contributed by atoms with Gasteiger partial charge in [0.15, 0.2) is 0 Å². The second-order valence-electron chi connectivity index (χ2n) is 3.87. The first-order chi connectivity index (χ1) is 9.04. The third-order valence-corrected chi connectivity index (χ3v) is 2.68. The molecule has 0 saturated heterocycles. The van der Waals surface area contributed by atoms with Gasteiger partial charge < -0.3 is 21.1 Å². The van der Waals surface area contributed by atoms with Crippen molar-refractivity contribution < 1.29 is 13.9 Å². The molecule has 0 aliphatic carbocycles. The number of hydrogen-bond acceptors (Lipinski definition) is 4. The Morgan fingerprint density at radius 1 is 1.47 bits per heavy atom. The summed E-state index contributed by atoms with van der Waals surface area (Å²) in [6.07, 6.45) is 0.276. The first-order valence-corrected chi connectivity index (χ1v) is 6.16. The minimum Gasteiger partial charge on any atom is -0.397 e. The van der Waals surface area contributed by atoms with E-state index >= 15 is 0 Å². The van der Waals surface area contributed by atoms with Gasteiger partial charge >= 0.3 is 0 Å². The fourth-order valence-electron chi connectivity index (χ4n) is 1.41. The van der Waals surface area contributed by atoms with Gasteiger partial charge in [0, 0.05) is 32.7 Å². The summed E-state index contributed by atoms with van der Waals surface area (Å²) in [4.78, 5) is 11.4. The maximum absolute atomic E-state index is 13.1. The van der Waals surface area contributed by atoms with Gasteiger partial charge in [-0.1, -0.05) is 11.6 Å². The average Bonchev–Trinajstić information content (AvgIpc) is 2.36. The number of nitrogens with two attached hydrogens (primary N) is 1. The summed E-state index contributed by atoms with van der Waals surface area (Å²) < 4.78 is 17.9. The van der Waals surface area contributed by atoms with Gasteiger partial charge in [0.05, 0.1) is 23.0 Å². The van der Waals surface area contributed by atoms with Crippen LogP contribution in [0.15, 0.2) is 12.1 Å². The van der Waals surface area contributed by atoms with Gasteiger partial charge in [-0.2, -0.15) is 0 Å². The maximum Gasteiger partial charge on any atom is 0.221 e. The molecule has 0 atom stereocenters. The Labute approximate surface area is 116 Å². The van der Waals surface area contributed by atoms with Crippen LogP contribution in [0.1, 0.15) is 6.42 Å². The van der Waals surface area contributed by atoms with Gasteiger partial charge in [-0.05, 0) is 6.07 Å². The monoisotopic (exact) mass is 289 g/mol. The number of amides is 1. The van der Waals surface area contributed by atoms with Crippen LogP contribution in [0.2, 0.25) is 5.02 Å². The molecule has 1 rings (SSSR count). The molecule has 0 spiro atoms. The summed E-state index contributed by atoms with van der Waals surface area (Å²) >= 11 is 5.65. The number of benzene rings is 1. The van der Waals surface area contributed by atoms with Crippen LogP contribution in [0.5, 0.6) is 0 Å². The van der Waals surface area contributed by atoms with Gasteiger partial charge in [-0.15, -0.1) is 0 Å². The maximum atomic E-state index is 13.1. The van der Waals surface area contributed by atoms with Gasteiger partial charge in [-0.25, -0.2) is 4.39 Å². The summed E-state index contributed by atoms with van der Waals surface area (Å²) in [5.41, 5.74) is 6.39. The molecule has 4 N–H and O–H groups in total. The fourth-order valence-corrected chi connectivity index (χ4v) is 1.57. The number of nitrogen functional groups attached to an aromatic ring is 1. The standard InChI is InChI=1S/C12H17ClFN3O2/c1-19-5-4-17-12(18)2-3-16-11-6-8(13)9(14)7-10(11)15/h6-7,16H,2-5,15H2,1H3,(H,17,18). The third-order valence-electron chi connectivity index (χ3n) is 2.39. The zero-order chi connectivity index (χ0) is 14.3. The Morgan fingerprint density at radius 2 is 2.21 bits per heavy atom. The molecule has 0 saturated carbocycles. The SMILES string of the molecule is COCCNC(=O)CCNc1cc(Cl)c(F)cc1N. The third kappa shape index (κ3) is 5.32. The summed E-state index contributed by atoms with van der Waals surface area (Å²) in [6.45, 7) is 1.32. The van der Waals surface area contributed by atoms with E-state index in [9.17, 15) is 9.18 Å².